The van der Waals surface area contributed by atoms with Crippen molar-refractivity contribution in [1.29, 1.82) is 0 Å². The number of likely N-dealkylation sites (N-methyl/N-ethyl adjacent to an activating group) is 1. The predicted molar refractivity (Wildman–Crippen MR) is 263 cm³/mol. The van der Waals surface area contributed by atoms with Gasteiger partial charge in [-0.15, -0.1) is 0 Å². The number of esters is 2. The van der Waals surface area contributed by atoms with Gasteiger partial charge in [0, 0.05) is 19.3 Å². The minimum absolute atomic E-state index is 0.0381. The molecular weight excluding hydrogens is 787 g/mol. The number of allylic oxidation sites excluding steroid dienone is 6. The van der Waals surface area contributed by atoms with E-state index in [1.807, 2.05) is 0 Å². The molecule has 0 fully saturated rings. The Morgan fingerprint density at radius 2 is 0.841 bits per heavy atom. The molecule has 0 heterocycles. The molecule has 0 aliphatic carbocycles. The number of hydrogen-bond acceptors (Lipinski definition) is 7. The van der Waals surface area contributed by atoms with E-state index in [4.69, 9.17) is 14.2 Å². The summed E-state index contributed by atoms with van der Waals surface area (Å²) in [5.41, 5.74) is 0. The van der Waals surface area contributed by atoms with Crippen LogP contribution in [-0.2, 0) is 28.6 Å². The average Bonchev–Trinajstić information content (AvgIpc) is 3.24. The van der Waals surface area contributed by atoms with Crippen LogP contribution in [-0.4, -0.2) is 75.5 Å². The third-order valence-electron chi connectivity index (χ3n) is 12.0. The van der Waals surface area contributed by atoms with E-state index in [0.29, 0.717) is 12.8 Å². The number of carbonyl (C=O) groups is 3. The van der Waals surface area contributed by atoms with E-state index < -0.39 is 18.1 Å². The Morgan fingerprint density at radius 3 is 1.27 bits per heavy atom. The van der Waals surface area contributed by atoms with Crippen molar-refractivity contribution in [3.63, 3.8) is 0 Å². The van der Waals surface area contributed by atoms with Gasteiger partial charge in [0.05, 0.1) is 40.3 Å². The summed E-state index contributed by atoms with van der Waals surface area (Å²) in [5, 5.41) is 11.7. The second kappa shape index (κ2) is 46.1. The lowest BCUT2D eigenvalue weighted by molar-refractivity contribution is -0.889. The van der Waals surface area contributed by atoms with E-state index in [1.54, 1.807) is 21.1 Å². The molecule has 0 aromatic carbocycles. The highest BCUT2D eigenvalue weighted by Gasteiger charge is 2.25. The molecule has 0 N–H and O–H groups in total. The maximum Gasteiger partial charge on any atom is 0.306 e. The zero-order valence-corrected chi connectivity index (χ0v) is 42.0. The molecule has 0 saturated heterocycles. The molecule has 0 aliphatic heterocycles. The monoisotopic (exact) mass is 888 g/mol. The van der Waals surface area contributed by atoms with Gasteiger partial charge in [0.2, 0.25) is 0 Å². The zero-order valence-electron chi connectivity index (χ0n) is 42.0. The van der Waals surface area contributed by atoms with Crippen LogP contribution >= 0.6 is 0 Å². The molecular formula is C55H101NO7. The first-order valence-corrected chi connectivity index (χ1v) is 26.5. The fourth-order valence-electron chi connectivity index (χ4n) is 7.86. The Kier molecular flexibility index (Phi) is 44.3. The van der Waals surface area contributed by atoms with Gasteiger partial charge in [-0.25, -0.2) is 0 Å². The second-order valence-electron chi connectivity index (χ2n) is 19.1. The number of nitrogens with zero attached hydrogens (tertiary/aromatic N) is 1. The van der Waals surface area contributed by atoms with E-state index in [2.05, 4.69) is 50.3 Å². The van der Waals surface area contributed by atoms with Crippen LogP contribution in [0.15, 0.2) is 36.5 Å². The standard InChI is InChI=1S/C55H101NO7/c1-6-8-10-12-14-16-18-20-22-24-25-26-27-28-30-32-34-36-38-40-42-44-46-54(58)63-51(49-61-48-47-52(55(59)60)56(3,4)5)50-62-53(57)45-43-41-39-37-35-33-31-29-23-21-19-17-15-13-11-9-7-2/h15,17,21,23,27-28,51-52H,6-14,16,18-20,22,24-26,29-50H2,1-5H3/b17-15+,23-21+,28-27+. The molecule has 8 nitrogen and oxygen atoms in total. The van der Waals surface area contributed by atoms with Crippen LogP contribution < -0.4 is 5.11 Å². The molecule has 368 valence electrons. The van der Waals surface area contributed by atoms with Crippen LogP contribution in [0.5, 0.6) is 0 Å². The predicted octanol–water partition coefficient (Wildman–Crippen LogP) is 14.0. The van der Waals surface area contributed by atoms with Gasteiger partial charge in [-0.1, -0.05) is 192 Å². The van der Waals surface area contributed by atoms with E-state index in [0.717, 1.165) is 51.4 Å². The number of carboxylic acid groups (broad SMARTS) is 1. The van der Waals surface area contributed by atoms with Crippen molar-refractivity contribution in [2.24, 2.45) is 0 Å². The van der Waals surface area contributed by atoms with Crippen LogP contribution in [0.25, 0.3) is 0 Å². The van der Waals surface area contributed by atoms with Gasteiger partial charge in [0.15, 0.2) is 6.10 Å². The lowest BCUT2D eigenvalue weighted by Gasteiger charge is -2.34. The summed E-state index contributed by atoms with van der Waals surface area (Å²) in [4.78, 5) is 37.0. The van der Waals surface area contributed by atoms with E-state index >= 15 is 0 Å². The maximum atomic E-state index is 12.8. The minimum Gasteiger partial charge on any atom is -0.544 e. The molecule has 0 rings (SSSR count). The molecule has 0 spiro atoms. The number of carbonyl (C=O) groups excluding carboxylic acids is 3. The SMILES string of the molecule is CCCCC/C=C/C/C=C/CCCCCCCCCC(=O)OCC(COCCC(C(=O)[O-])[N+](C)(C)C)OC(=O)CCCCCCCCC/C=C/CCCCCCCCCCCCC. The molecule has 2 unspecified atom stereocenters. The molecule has 0 saturated carbocycles. The number of ether oxygens (including phenoxy) is 3. The normalized spacial score (nSPS) is 13.1. The first-order valence-electron chi connectivity index (χ1n) is 26.5. The average molecular weight is 888 g/mol. The van der Waals surface area contributed by atoms with E-state index in [-0.39, 0.29) is 42.7 Å². The van der Waals surface area contributed by atoms with Crippen molar-refractivity contribution in [1.82, 2.24) is 0 Å². The Bertz CT molecular complexity index is 1130. The summed E-state index contributed by atoms with van der Waals surface area (Å²) < 4.78 is 17.3. The number of rotatable bonds is 48. The number of hydrogen-bond donors (Lipinski definition) is 0. The first-order chi connectivity index (χ1) is 30.6. The first kappa shape index (κ1) is 60.5. The molecule has 0 aromatic heterocycles. The number of quaternary nitrogens is 1. The highest BCUT2D eigenvalue weighted by Crippen LogP contribution is 2.15. The highest BCUT2D eigenvalue weighted by atomic mass is 16.6. The van der Waals surface area contributed by atoms with E-state index in [9.17, 15) is 19.5 Å². The van der Waals surface area contributed by atoms with Gasteiger partial charge >= 0.3 is 11.9 Å². The summed E-state index contributed by atoms with van der Waals surface area (Å²) in [6.45, 7) is 4.66. The lowest BCUT2D eigenvalue weighted by atomic mass is 10.0. The van der Waals surface area contributed by atoms with Crippen LogP contribution in [0.1, 0.15) is 245 Å². The molecule has 0 amide bonds. The van der Waals surface area contributed by atoms with Gasteiger partial charge in [-0.05, 0) is 70.6 Å². The molecule has 0 radical (unpaired) electrons. The largest absolute Gasteiger partial charge is 0.544 e. The van der Waals surface area contributed by atoms with Crippen molar-refractivity contribution >= 4 is 17.9 Å². The Morgan fingerprint density at radius 1 is 0.476 bits per heavy atom. The summed E-state index contributed by atoms with van der Waals surface area (Å²) >= 11 is 0. The van der Waals surface area contributed by atoms with Crippen LogP contribution in [0, 0.1) is 0 Å². The molecule has 0 bridgehead atoms. The maximum absolute atomic E-state index is 12.8. The lowest BCUT2D eigenvalue weighted by Crippen LogP contribution is -2.55. The van der Waals surface area contributed by atoms with Gasteiger partial charge < -0.3 is 28.6 Å². The third-order valence-corrected chi connectivity index (χ3v) is 12.0. The summed E-state index contributed by atoms with van der Waals surface area (Å²) in [5.74, 6) is -1.74. The zero-order chi connectivity index (χ0) is 46.3. The number of carboxylic acids is 1. The molecule has 63 heavy (non-hydrogen) atoms. The van der Waals surface area contributed by atoms with Crippen molar-refractivity contribution in [2.75, 3.05) is 41.0 Å². The second-order valence-corrected chi connectivity index (χ2v) is 19.1. The Hall–Kier alpha value is -2.45. The van der Waals surface area contributed by atoms with Crippen molar-refractivity contribution < 1.29 is 38.2 Å². The molecule has 0 aliphatic rings. The van der Waals surface area contributed by atoms with Gasteiger partial charge in [-0.3, -0.25) is 9.59 Å². The minimum atomic E-state index is -1.12. The van der Waals surface area contributed by atoms with Gasteiger partial charge in [-0.2, -0.15) is 0 Å². The van der Waals surface area contributed by atoms with Crippen molar-refractivity contribution in [3.05, 3.63) is 36.5 Å². The molecule has 0 aromatic rings. The topological polar surface area (TPSA) is 102 Å². The van der Waals surface area contributed by atoms with Crippen LogP contribution in [0.2, 0.25) is 0 Å². The van der Waals surface area contributed by atoms with Crippen molar-refractivity contribution in [2.45, 2.75) is 257 Å². The third kappa shape index (κ3) is 44.5. The van der Waals surface area contributed by atoms with Crippen LogP contribution in [0.4, 0.5) is 0 Å². The summed E-state index contributed by atoms with van der Waals surface area (Å²) in [6.07, 6.45) is 54.6. The number of aliphatic carboxylic acids is 1. The van der Waals surface area contributed by atoms with Crippen molar-refractivity contribution in [3.8, 4) is 0 Å². The van der Waals surface area contributed by atoms with Crippen LogP contribution in [0.3, 0.4) is 0 Å². The molecule has 8 heteroatoms. The summed E-state index contributed by atoms with van der Waals surface area (Å²) in [7, 11) is 5.42. The van der Waals surface area contributed by atoms with E-state index in [1.165, 1.54) is 161 Å². The highest BCUT2D eigenvalue weighted by molar-refractivity contribution is 5.70. The Labute approximate surface area is 389 Å². The molecule has 2 atom stereocenters. The van der Waals surface area contributed by atoms with Gasteiger partial charge in [0.1, 0.15) is 12.6 Å². The fraction of sp³-hybridized carbons (Fsp3) is 0.836. The number of unbranched alkanes of at least 4 members (excludes halogenated alkanes) is 28. The summed E-state index contributed by atoms with van der Waals surface area (Å²) in [6, 6.07) is -0.728. The Balaban J connectivity index is 4.22. The van der Waals surface area contributed by atoms with Gasteiger partial charge in [0.25, 0.3) is 0 Å². The smallest absolute Gasteiger partial charge is 0.306 e. The quantitative estimate of drug-likeness (QED) is 0.0259. The fourth-order valence-corrected chi connectivity index (χ4v) is 7.86.